The lowest BCUT2D eigenvalue weighted by Crippen LogP contribution is -2.36. The van der Waals surface area contributed by atoms with E-state index in [-0.39, 0.29) is 11.8 Å². The lowest BCUT2D eigenvalue weighted by atomic mass is 9.97. The van der Waals surface area contributed by atoms with Crippen LogP contribution in [0, 0.1) is 6.92 Å². The summed E-state index contributed by atoms with van der Waals surface area (Å²) in [7, 11) is 0. The fourth-order valence-corrected chi connectivity index (χ4v) is 3.93. The van der Waals surface area contributed by atoms with E-state index in [9.17, 15) is 4.79 Å². The van der Waals surface area contributed by atoms with Gasteiger partial charge in [0.25, 0.3) is 11.8 Å². The van der Waals surface area contributed by atoms with Crippen molar-refractivity contribution < 1.29 is 13.9 Å². The molecular weight excluding hydrogens is 370 g/mol. The minimum atomic E-state index is -0.528. The first-order chi connectivity index (χ1) is 14.2. The maximum absolute atomic E-state index is 13.1. The highest BCUT2D eigenvalue weighted by Gasteiger charge is 2.36. The third-order valence-corrected chi connectivity index (χ3v) is 5.51. The van der Waals surface area contributed by atoms with E-state index in [0.717, 1.165) is 24.1 Å². The Balaban J connectivity index is 1.30. The second-order valence-corrected chi connectivity index (χ2v) is 7.46. The van der Waals surface area contributed by atoms with Crippen molar-refractivity contribution in [2.24, 2.45) is 0 Å². The van der Waals surface area contributed by atoms with Gasteiger partial charge in [0.05, 0.1) is 24.4 Å². The number of nitrogens with zero attached hydrogens (tertiary/aromatic N) is 5. The average Bonchev–Trinajstić information content (AvgIpc) is 3.43. The quantitative estimate of drug-likeness (QED) is 0.677. The summed E-state index contributed by atoms with van der Waals surface area (Å²) in [5.41, 5.74) is 3.54. The van der Waals surface area contributed by atoms with Crippen molar-refractivity contribution >= 4 is 5.91 Å². The van der Waals surface area contributed by atoms with Gasteiger partial charge in [-0.2, -0.15) is 0 Å². The Hall–Kier alpha value is -3.13. The van der Waals surface area contributed by atoms with Crippen LogP contribution in [-0.2, 0) is 16.0 Å². The van der Waals surface area contributed by atoms with E-state index in [1.165, 1.54) is 5.56 Å². The third kappa shape index (κ3) is 3.40. The molecule has 8 nitrogen and oxygen atoms in total. The number of aromatic nitrogens is 4. The van der Waals surface area contributed by atoms with Crippen molar-refractivity contribution in [1.82, 2.24) is 25.1 Å². The van der Waals surface area contributed by atoms with Crippen molar-refractivity contribution in [1.29, 1.82) is 0 Å². The van der Waals surface area contributed by atoms with Gasteiger partial charge in [-0.3, -0.25) is 9.78 Å². The fourth-order valence-electron chi connectivity index (χ4n) is 3.93. The monoisotopic (exact) mass is 391 g/mol. The number of carbonyl (C=O) groups excluding carboxylic acids is 1. The van der Waals surface area contributed by atoms with Crippen molar-refractivity contribution in [2.75, 3.05) is 19.7 Å². The number of benzene rings is 1. The molecule has 2 aliphatic rings. The second kappa shape index (κ2) is 7.36. The minimum absolute atomic E-state index is 0.00351. The van der Waals surface area contributed by atoms with Crippen LogP contribution in [0.3, 0.4) is 0 Å². The zero-order chi connectivity index (χ0) is 19.8. The van der Waals surface area contributed by atoms with Gasteiger partial charge >= 0.3 is 0 Å². The molecule has 0 spiro atoms. The molecule has 0 N–H and O–H groups in total. The van der Waals surface area contributed by atoms with Crippen LogP contribution in [0.15, 0.2) is 41.1 Å². The van der Waals surface area contributed by atoms with Crippen LogP contribution in [0.4, 0.5) is 0 Å². The third-order valence-electron chi connectivity index (χ3n) is 5.51. The van der Waals surface area contributed by atoms with Crippen LogP contribution in [0.25, 0.3) is 11.6 Å². The van der Waals surface area contributed by atoms with Crippen molar-refractivity contribution in [3.05, 3.63) is 59.4 Å². The first-order valence-electron chi connectivity index (χ1n) is 9.79. The normalized spacial score (nSPS) is 21.2. The maximum Gasteiger partial charge on any atom is 0.267 e. The zero-order valence-electron chi connectivity index (χ0n) is 16.1. The molecule has 1 saturated heterocycles. The van der Waals surface area contributed by atoms with Gasteiger partial charge in [0.15, 0.2) is 6.10 Å². The highest BCUT2D eigenvalue weighted by atomic mass is 16.5. The molecular formula is C21H21N5O3. The van der Waals surface area contributed by atoms with Crippen molar-refractivity contribution in [3.63, 3.8) is 0 Å². The SMILES string of the molecule is Cc1cnc(-c2nnc([C@H]3CCN(C(=O)[C@@H]4OCCc5ccccc54)C3)o2)cn1. The van der Waals surface area contributed by atoms with E-state index in [4.69, 9.17) is 9.15 Å². The molecule has 3 aromatic rings. The molecule has 4 heterocycles. The van der Waals surface area contributed by atoms with E-state index in [1.807, 2.05) is 30.0 Å². The molecule has 8 heteroatoms. The predicted molar refractivity (Wildman–Crippen MR) is 103 cm³/mol. The largest absolute Gasteiger partial charge is 0.419 e. The molecule has 2 aliphatic heterocycles. The van der Waals surface area contributed by atoms with Crippen molar-refractivity contribution in [3.8, 4) is 11.6 Å². The van der Waals surface area contributed by atoms with Crippen LogP contribution in [-0.4, -0.2) is 50.7 Å². The summed E-state index contributed by atoms with van der Waals surface area (Å²) in [5, 5.41) is 8.29. The molecule has 0 unspecified atom stereocenters. The Morgan fingerprint density at radius 3 is 2.93 bits per heavy atom. The molecule has 0 radical (unpaired) electrons. The Morgan fingerprint density at radius 2 is 2.07 bits per heavy atom. The number of hydrogen-bond donors (Lipinski definition) is 0. The summed E-state index contributed by atoms with van der Waals surface area (Å²) in [5.74, 6) is 0.894. The number of amides is 1. The standard InChI is InChI=1S/C21H21N5O3/c1-13-10-23-17(11-22-13)20-25-24-19(29-20)15-6-8-26(12-15)21(27)18-16-5-3-2-4-14(16)7-9-28-18/h2-5,10-11,15,18H,6-9,12H2,1H3/t15-,18+/m0/s1. The Bertz CT molecular complexity index is 1030. The fraction of sp³-hybridized carbons (Fsp3) is 0.381. The van der Waals surface area contributed by atoms with Crippen molar-refractivity contribution in [2.45, 2.75) is 31.8 Å². The van der Waals surface area contributed by atoms with Gasteiger partial charge in [-0.15, -0.1) is 10.2 Å². The molecule has 0 bridgehead atoms. The van der Waals surface area contributed by atoms with Crippen LogP contribution in [0.2, 0.25) is 0 Å². The molecule has 5 rings (SSSR count). The smallest absolute Gasteiger partial charge is 0.267 e. The van der Waals surface area contributed by atoms with Crippen LogP contribution < -0.4 is 0 Å². The first kappa shape index (κ1) is 17.9. The summed E-state index contributed by atoms with van der Waals surface area (Å²) in [6, 6.07) is 8.01. The lowest BCUT2D eigenvalue weighted by Gasteiger charge is -2.28. The minimum Gasteiger partial charge on any atom is -0.419 e. The van der Waals surface area contributed by atoms with E-state index >= 15 is 0 Å². The predicted octanol–water partition coefficient (Wildman–Crippen LogP) is 2.46. The van der Waals surface area contributed by atoms with Gasteiger partial charge in [0.1, 0.15) is 5.69 Å². The molecule has 29 heavy (non-hydrogen) atoms. The Labute approximate surface area is 167 Å². The van der Waals surface area contributed by atoms with E-state index < -0.39 is 6.10 Å². The second-order valence-electron chi connectivity index (χ2n) is 7.46. The molecule has 2 atom stereocenters. The Morgan fingerprint density at radius 1 is 1.17 bits per heavy atom. The average molecular weight is 391 g/mol. The lowest BCUT2D eigenvalue weighted by molar-refractivity contribution is -0.144. The van der Waals surface area contributed by atoms with E-state index in [2.05, 4.69) is 26.2 Å². The number of fused-ring (bicyclic) bond motifs is 1. The maximum atomic E-state index is 13.1. The molecule has 1 fully saturated rings. The number of ether oxygens (including phenoxy) is 1. The summed E-state index contributed by atoms with van der Waals surface area (Å²) in [6.07, 6.45) is 4.38. The first-order valence-corrected chi connectivity index (χ1v) is 9.79. The number of carbonyl (C=O) groups is 1. The molecule has 0 aliphatic carbocycles. The van der Waals surface area contributed by atoms with E-state index in [0.29, 0.717) is 37.2 Å². The topological polar surface area (TPSA) is 94.2 Å². The molecule has 2 aromatic heterocycles. The number of rotatable bonds is 3. The van der Waals surface area contributed by atoms with Crippen LogP contribution >= 0.6 is 0 Å². The number of hydrogen-bond acceptors (Lipinski definition) is 7. The van der Waals surface area contributed by atoms with Gasteiger partial charge < -0.3 is 14.1 Å². The molecule has 148 valence electrons. The van der Waals surface area contributed by atoms with E-state index in [1.54, 1.807) is 12.4 Å². The van der Waals surface area contributed by atoms with Gasteiger partial charge in [-0.05, 0) is 30.9 Å². The summed E-state index contributed by atoms with van der Waals surface area (Å²) < 4.78 is 11.7. The molecule has 0 saturated carbocycles. The van der Waals surface area contributed by atoms with Gasteiger partial charge in [-0.25, -0.2) is 4.98 Å². The highest BCUT2D eigenvalue weighted by Crippen LogP contribution is 2.33. The zero-order valence-corrected chi connectivity index (χ0v) is 16.1. The molecule has 1 amide bonds. The Kier molecular flexibility index (Phi) is 4.55. The number of aryl methyl sites for hydroxylation is 1. The summed E-state index contributed by atoms with van der Waals surface area (Å²) in [6.45, 7) is 3.62. The van der Waals surface area contributed by atoms with Gasteiger partial charge in [0.2, 0.25) is 5.89 Å². The van der Waals surface area contributed by atoms with Crippen LogP contribution in [0.5, 0.6) is 0 Å². The number of likely N-dealkylation sites (tertiary alicyclic amines) is 1. The highest BCUT2D eigenvalue weighted by molar-refractivity contribution is 5.83. The van der Waals surface area contributed by atoms with Gasteiger partial charge in [0, 0.05) is 19.3 Å². The molecule has 1 aromatic carbocycles. The summed E-state index contributed by atoms with van der Waals surface area (Å²) >= 11 is 0. The summed E-state index contributed by atoms with van der Waals surface area (Å²) in [4.78, 5) is 23.4. The van der Waals surface area contributed by atoms with Gasteiger partial charge in [-0.1, -0.05) is 24.3 Å². The van der Waals surface area contributed by atoms with Crippen LogP contribution in [0.1, 0.15) is 41.2 Å².